The average molecular weight is 311 g/mol. The van der Waals surface area contributed by atoms with Crippen molar-refractivity contribution in [3.8, 4) is 11.5 Å². The first kappa shape index (κ1) is 15.2. The fourth-order valence-corrected chi connectivity index (χ4v) is 3.09. The van der Waals surface area contributed by atoms with Gasteiger partial charge < -0.3 is 9.47 Å². The van der Waals surface area contributed by atoms with Gasteiger partial charge in [-0.1, -0.05) is 6.92 Å². The van der Waals surface area contributed by atoms with Crippen LogP contribution < -0.4 is 14.2 Å². The zero-order valence-corrected chi connectivity index (χ0v) is 12.8. The Morgan fingerprint density at radius 1 is 1.29 bits per heavy atom. The highest BCUT2D eigenvalue weighted by Crippen LogP contribution is 2.29. The molecule has 8 heteroatoms. The molecule has 1 heterocycles. The van der Waals surface area contributed by atoms with Gasteiger partial charge in [0.05, 0.1) is 20.4 Å². The van der Waals surface area contributed by atoms with Crippen molar-refractivity contribution in [2.75, 3.05) is 18.9 Å². The van der Waals surface area contributed by atoms with E-state index in [4.69, 9.17) is 9.47 Å². The van der Waals surface area contributed by atoms with Gasteiger partial charge in [-0.25, -0.2) is 8.42 Å². The third-order valence-corrected chi connectivity index (χ3v) is 4.37. The fraction of sp³-hybridized carbons (Fsp3) is 0.308. The van der Waals surface area contributed by atoms with Crippen LogP contribution in [0.15, 0.2) is 29.3 Å². The number of ether oxygens (including phenoxy) is 2. The normalized spacial score (nSPS) is 11.2. The number of aryl methyl sites for hydroxylation is 1. The van der Waals surface area contributed by atoms with E-state index in [1.54, 1.807) is 18.3 Å². The Labute approximate surface area is 123 Å². The molecule has 1 aromatic heterocycles. The maximum atomic E-state index is 12.5. The summed E-state index contributed by atoms with van der Waals surface area (Å²) in [4.78, 5) is 0.000929. The highest BCUT2D eigenvalue weighted by Gasteiger charge is 2.22. The van der Waals surface area contributed by atoms with Gasteiger partial charge in [-0.15, -0.1) is 0 Å². The molecule has 2 N–H and O–H groups in total. The van der Waals surface area contributed by atoms with Crippen LogP contribution in [-0.2, 0) is 16.4 Å². The van der Waals surface area contributed by atoms with E-state index in [1.165, 1.54) is 20.3 Å². The third kappa shape index (κ3) is 3.10. The lowest BCUT2D eigenvalue weighted by Crippen LogP contribution is -2.15. The summed E-state index contributed by atoms with van der Waals surface area (Å²) in [6.07, 6.45) is 2.24. The summed E-state index contributed by atoms with van der Waals surface area (Å²) in [5, 5.41) is 6.48. The van der Waals surface area contributed by atoms with Gasteiger partial charge in [-0.3, -0.25) is 9.82 Å². The van der Waals surface area contributed by atoms with Crippen LogP contribution in [0.1, 0.15) is 12.5 Å². The van der Waals surface area contributed by atoms with E-state index in [2.05, 4.69) is 14.9 Å². The first-order valence-electron chi connectivity index (χ1n) is 6.29. The van der Waals surface area contributed by atoms with Crippen LogP contribution in [0.3, 0.4) is 0 Å². The van der Waals surface area contributed by atoms with Gasteiger partial charge in [0.1, 0.15) is 22.2 Å². The maximum absolute atomic E-state index is 12.5. The minimum Gasteiger partial charge on any atom is -0.497 e. The first-order valence-corrected chi connectivity index (χ1v) is 7.77. The molecule has 114 valence electrons. The second-order valence-corrected chi connectivity index (χ2v) is 5.90. The summed E-state index contributed by atoms with van der Waals surface area (Å²) in [6, 6.07) is 4.58. The van der Waals surface area contributed by atoms with Crippen molar-refractivity contribution in [3.05, 3.63) is 30.0 Å². The summed E-state index contributed by atoms with van der Waals surface area (Å²) in [7, 11) is -0.938. The minimum atomic E-state index is -3.82. The molecule has 0 saturated heterocycles. The van der Waals surface area contributed by atoms with Gasteiger partial charge in [0.2, 0.25) is 0 Å². The van der Waals surface area contributed by atoms with Crippen molar-refractivity contribution >= 4 is 15.8 Å². The van der Waals surface area contributed by atoms with Gasteiger partial charge in [-0.2, -0.15) is 5.10 Å². The Balaban J connectivity index is 2.44. The number of H-pyrrole nitrogens is 1. The number of nitrogens with zero attached hydrogens (tertiary/aromatic N) is 1. The molecular formula is C13H17N3O4S. The van der Waals surface area contributed by atoms with E-state index in [1.807, 2.05) is 6.92 Å². The molecule has 0 bridgehead atoms. The maximum Gasteiger partial charge on any atom is 0.266 e. The summed E-state index contributed by atoms with van der Waals surface area (Å²) < 4.78 is 37.7. The third-order valence-electron chi connectivity index (χ3n) is 3.00. The summed E-state index contributed by atoms with van der Waals surface area (Å²) >= 11 is 0. The molecule has 0 aliphatic rings. The first-order chi connectivity index (χ1) is 10.0. The molecule has 2 aromatic rings. The number of anilines is 1. The van der Waals surface area contributed by atoms with Gasteiger partial charge in [0.25, 0.3) is 10.0 Å². The summed E-state index contributed by atoms with van der Waals surface area (Å²) in [5.74, 6) is 1.01. The van der Waals surface area contributed by atoms with Crippen LogP contribution in [0, 0.1) is 0 Å². The number of methoxy groups -OCH3 is 2. The topological polar surface area (TPSA) is 93.3 Å². The van der Waals surface area contributed by atoms with Gasteiger partial charge in [0.15, 0.2) is 0 Å². The van der Waals surface area contributed by atoms with E-state index in [0.29, 0.717) is 18.0 Å². The second-order valence-electron chi connectivity index (χ2n) is 4.25. The molecular weight excluding hydrogens is 294 g/mol. The van der Waals surface area contributed by atoms with E-state index in [9.17, 15) is 8.42 Å². The largest absolute Gasteiger partial charge is 0.497 e. The van der Waals surface area contributed by atoms with Crippen LogP contribution in [0.5, 0.6) is 11.5 Å². The second kappa shape index (κ2) is 6.04. The number of sulfonamides is 1. The number of hydrogen-bond donors (Lipinski definition) is 2. The Hall–Kier alpha value is -2.22. The van der Waals surface area contributed by atoms with E-state index >= 15 is 0 Å². The van der Waals surface area contributed by atoms with Gasteiger partial charge in [-0.05, 0) is 18.6 Å². The van der Waals surface area contributed by atoms with Crippen LogP contribution in [0.4, 0.5) is 5.82 Å². The standard InChI is InChI=1S/C13H17N3O4S/c1-4-9-8-14-15-13(9)16-21(17,18)12-7-10(19-2)5-6-11(12)20-3/h5-8H,4H2,1-3H3,(H2,14,15,16). The van der Waals surface area contributed by atoms with E-state index < -0.39 is 10.0 Å². The fourth-order valence-electron chi connectivity index (χ4n) is 1.85. The summed E-state index contributed by atoms with van der Waals surface area (Å²) in [5.41, 5.74) is 0.778. The van der Waals surface area contributed by atoms with E-state index in [0.717, 1.165) is 5.56 Å². The molecule has 1 aromatic carbocycles. The minimum absolute atomic E-state index is 0.000929. The SMILES string of the molecule is CCc1cn[nH]c1NS(=O)(=O)c1cc(OC)ccc1OC. The molecule has 0 unspecified atom stereocenters. The molecule has 0 spiro atoms. The Bertz CT molecular complexity index is 725. The number of nitrogens with one attached hydrogen (secondary N) is 2. The highest BCUT2D eigenvalue weighted by molar-refractivity contribution is 7.92. The Kier molecular flexibility index (Phi) is 4.37. The number of benzene rings is 1. The number of aromatic nitrogens is 2. The Morgan fingerprint density at radius 3 is 2.67 bits per heavy atom. The monoisotopic (exact) mass is 311 g/mol. The molecule has 21 heavy (non-hydrogen) atoms. The zero-order chi connectivity index (χ0) is 15.5. The number of rotatable bonds is 6. The Morgan fingerprint density at radius 2 is 2.05 bits per heavy atom. The van der Waals surface area contributed by atoms with Crippen LogP contribution in [-0.4, -0.2) is 32.8 Å². The highest BCUT2D eigenvalue weighted by atomic mass is 32.2. The van der Waals surface area contributed by atoms with Crippen molar-refractivity contribution in [1.82, 2.24) is 10.2 Å². The van der Waals surface area contributed by atoms with Gasteiger partial charge in [0, 0.05) is 11.6 Å². The van der Waals surface area contributed by atoms with Crippen LogP contribution >= 0.6 is 0 Å². The van der Waals surface area contributed by atoms with Crippen molar-refractivity contribution < 1.29 is 17.9 Å². The van der Waals surface area contributed by atoms with Crippen molar-refractivity contribution in [2.24, 2.45) is 0 Å². The average Bonchev–Trinajstić information content (AvgIpc) is 2.92. The van der Waals surface area contributed by atoms with Crippen molar-refractivity contribution in [3.63, 3.8) is 0 Å². The molecule has 0 atom stereocenters. The van der Waals surface area contributed by atoms with Gasteiger partial charge >= 0.3 is 0 Å². The molecule has 0 radical (unpaired) electrons. The van der Waals surface area contributed by atoms with Crippen LogP contribution in [0.2, 0.25) is 0 Å². The smallest absolute Gasteiger partial charge is 0.266 e. The molecule has 0 saturated carbocycles. The predicted octanol–water partition coefficient (Wildman–Crippen LogP) is 1.79. The lowest BCUT2D eigenvalue weighted by molar-refractivity contribution is 0.392. The molecule has 7 nitrogen and oxygen atoms in total. The van der Waals surface area contributed by atoms with Crippen LogP contribution in [0.25, 0.3) is 0 Å². The molecule has 2 rings (SSSR count). The van der Waals surface area contributed by atoms with Crippen molar-refractivity contribution in [1.29, 1.82) is 0 Å². The molecule has 0 aliphatic heterocycles. The van der Waals surface area contributed by atoms with E-state index in [-0.39, 0.29) is 10.6 Å². The predicted molar refractivity (Wildman–Crippen MR) is 78.3 cm³/mol. The molecule has 0 amide bonds. The molecule has 0 aliphatic carbocycles. The van der Waals surface area contributed by atoms with Crippen molar-refractivity contribution in [2.45, 2.75) is 18.2 Å². The number of aromatic amines is 1. The lowest BCUT2D eigenvalue weighted by Gasteiger charge is -2.12. The number of hydrogen-bond acceptors (Lipinski definition) is 5. The zero-order valence-electron chi connectivity index (χ0n) is 12.0. The summed E-state index contributed by atoms with van der Waals surface area (Å²) in [6.45, 7) is 1.91. The molecule has 0 fully saturated rings. The quantitative estimate of drug-likeness (QED) is 0.848. The lowest BCUT2D eigenvalue weighted by atomic mass is 10.3.